The van der Waals surface area contributed by atoms with Crippen LogP contribution in [0.3, 0.4) is 0 Å². The van der Waals surface area contributed by atoms with Crippen molar-refractivity contribution in [1.29, 1.82) is 0 Å². The Labute approximate surface area is 63.3 Å². The largest absolute Gasteiger partial charge is 0.242 e. The van der Waals surface area contributed by atoms with E-state index < -0.39 is 6.17 Å². The van der Waals surface area contributed by atoms with Gasteiger partial charge in [0, 0.05) is 4.48 Å². The van der Waals surface area contributed by atoms with Crippen molar-refractivity contribution in [3.05, 3.63) is 10.6 Å². The van der Waals surface area contributed by atoms with Crippen LogP contribution in [0.1, 0.15) is 19.8 Å². The molecule has 0 saturated heterocycles. The van der Waals surface area contributed by atoms with Gasteiger partial charge in [-0.05, 0) is 18.8 Å². The van der Waals surface area contributed by atoms with Crippen molar-refractivity contribution in [2.24, 2.45) is 5.92 Å². The molecule has 0 aromatic heterocycles. The molecule has 9 heavy (non-hydrogen) atoms. The van der Waals surface area contributed by atoms with Gasteiger partial charge in [0.05, 0.1) is 0 Å². The highest BCUT2D eigenvalue weighted by atomic mass is 79.9. The first-order chi connectivity index (χ1) is 4.20. The van der Waals surface area contributed by atoms with E-state index in [1.54, 1.807) is 0 Å². The molecule has 0 fully saturated rings. The normalized spacial score (nSPS) is 36.1. The average Bonchev–Trinajstić information content (AvgIpc) is 1.80. The molecule has 0 bridgehead atoms. The molecule has 0 aromatic rings. The molecule has 2 heteroatoms. The Hall–Kier alpha value is 0.150. The summed E-state index contributed by atoms with van der Waals surface area (Å²) < 4.78 is 13.4. The van der Waals surface area contributed by atoms with Gasteiger partial charge in [-0.3, -0.25) is 0 Å². The minimum atomic E-state index is -0.742. The summed E-state index contributed by atoms with van der Waals surface area (Å²) in [6.07, 6.45) is 2.88. The minimum Gasteiger partial charge on any atom is -0.242 e. The second-order valence-corrected chi connectivity index (χ2v) is 3.55. The Morgan fingerprint density at radius 2 is 2.44 bits per heavy atom. The van der Waals surface area contributed by atoms with Gasteiger partial charge in [0.25, 0.3) is 0 Å². The Balaban J connectivity index is 2.56. The molecule has 0 N–H and O–H groups in total. The van der Waals surface area contributed by atoms with E-state index in [9.17, 15) is 4.39 Å². The zero-order valence-electron chi connectivity index (χ0n) is 5.40. The summed E-state index contributed by atoms with van der Waals surface area (Å²) in [5.41, 5.74) is 0. The van der Waals surface area contributed by atoms with Crippen molar-refractivity contribution < 1.29 is 4.39 Å². The first kappa shape index (κ1) is 7.26. The molecule has 1 aliphatic carbocycles. The van der Waals surface area contributed by atoms with E-state index in [0.29, 0.717) is 12.3 Å². The third kappa shape index (κ3) is 1.78. The molecule has 0 radical (unpaired) electrons. The summed E-state index contributed by atoms with van der Waals surface area (Å²) >= 11 is 3.17. The third-order valence-electron chi connectivity index (χ3n) is 1.62. The van der Waals surface area contributed by atoms with Crippen LogP contribution in [0, 0.1) is 5.92 Å². The predicted molar refractivity (Wildman–Crippen MR) is 40.3 cm³/mol. The molecule has 0 spiro atoms. The van der Waals surface area contributed by atoms with E-state index in [1.807, 2.05) is 6.08 Å². The van der Waals surface area contributed by atoms with Gasteiger partial charge in [-0.1, -0.05) is 28.9 Å². The van der Waals surface area contributed by atoms with E-state index in [2.05, 4.69) is 22.9 Å². The highest BCUT2D eigenvalue weighted by Gasteiger charge is 2.18. The number of halogens is 2. The van der Waals surface area contributed by atoms with Crippen molar-refractivity contribution in [3.63, 3.8) is 0 Å². The van der Waals surface area contributed by atoms with Gasteiger partial charge >= 0.3 is 0 Å². The first-order valence-electron chi connectivity index (χ1n) is 3.19. The molecule has 2 atom stereocenters. The van der Waals surface area contributed by atoms with Crippen LogP contribution in [0.4, 0.5) is 4.39 Å². The van der Waals surface area contributed by atoms with Crippen LogP contribution in [0.15, 0.2) is 10.6 Å². The first-order valence-corrected chi connectivity index (χ1v) is 3.99. The molecular formula is C7H10BrF. The van der Waals surface area contributed by atoms with Crippen molar-refractivity contribution in [3.8, 4) is 0 Å². The van der Waals surface area contributed by atoms with Crippen LogP contribution in [0.2, 0.25) is 0 Å². The summed E-state index contributed by atoms with van der Waals surface area (Å²) in [6, 6.07) is 0. The number of alkyl halides is 1. The molecule has 0 heterocycles. The lowest BCUT2D eigenvalue weighted by molar-refractivity contribution is 0.312. The Morgan fingerprint density at radius 3 is 2.89 bits per heavy atom. The van der Waals surface area contributed by atoms with Crippen molar-refractivity contribution in [1.82, 2.24) is 0 Å². The maximum absolute atomic E-state index is 12.7. The highest BCUT2D eigenvalue weighted by molar-refractivity contribution is 9.11. The molecule has 52 valence electrons. The molecule has 0 aromatic carbocycles. The molecular weight excluding hydrogens is 183 g/mol. The van der Waals surface area contributed by atoms with Crippen LogP contribution < -0.4 is 0 Å². The van der Waals surface area contributed by atoms with Gasteiger partial charge in [-0.25, -0.2) is 4.39 Å². The Bertz CT molecular complexity index is 131. The zero-order valence-corrected chi connectivity index (χ0v) is 6.99. The van der Waals surface area contributed by atoms with Gasteiger partial charge in [0.1, 0.15) is 6.17 Å². The summed E-state index contributed by atoms with van der Waals surface area (Å²) in [7, 11) is 0. The topological polar surface area (TPSA) is 0 Å². The SMILES string of the molecule is CC1CC=C(Br)C(F)C1. The quantitative estimate of drug-likeness (QED) is 0.554. The van der Waals surface area contributed by atoms with Crippen LogP contribution in [-0.2, 0) is 0 Å². The van der Waals surface area contributed by atoms with E-state index in [1.165, 1.54) is 0 Å². The minimum absolute atomic E-state index is 0.515. The number of hydrogen-bond donors (Lipinski definition) is 0. The fourth-order valence-electron chi connectivity index (χ4n) is 1.00. The molecule has 0 amide bonds. The highest BCUT2D eigenvalue weighted by Crippen LogP contribution is 2.28. The summed E-state index contributed by atoms with van der Waals surface area (Å²) in [5.74, 6) is 0.515. The third-order valence-corrected chi connectivity index (χ3v) is 2.44. The lowest BCUT2D eigenvalue weighted by Gasteiger charge is -2.18. The molecule has 1 rings (SSSR count). The second kappa shape index (κ2) is 2.82. The maximum Gasteiger partial charge on any atom is 0.131 e. The lowest BCUT2D eigenvalue weighted by Crippen LogP contribution is -2.11. The lowest BCUT2D eigenvalue weighted by atomic mass is 9.95. The van der Waals surface area contributed by atoms with Gasteiger partial charge < -0.3 is 0 Å². The van der Waals surface area contributed by atoms with Gasteiger partial charge in [-0.2, -0.15) is 0 Å². The van der Waals surface area contributed by atoms with E-state index in [4.69, 9.17) is 0 Å². The smallest absolute Gasteiger partial charge is 0.131 e. The monoisotopic (exact) mass is 192 g/mol. The zero-order chi connectivity index (χ0) is 6.85. The fourth-order valence-corrected chi connectivity index (χ4v) is 1.38. The molecule has 1 aliphatic rings. The summed E-state index contributed by atoms with van der Waals surface area (Å²) in [4.78, 5) is 0. The van der Waals surface area contributed by atoms with Crippen LogP contribution in [-0.4, -0.2) is 6.17 Å². The van der Waals surface area contributed by atoms with Gasteiger partial charge in [0.2, 0.25) is 0 Å². The van der Waals surface area contributed by atoms with Crippen molar-refractivity contribution in [2.45, 2.75) is 25.9 Å². The summed E-state index contributed by atoms with van der Waals surface area (Å²) in [5, 5.41) is 0. The van der Waals surface area contributed by atoms with Crippen LogP contribution in [0.25, 0.3) is 0 Å². The van der Waals surface area contributed by atoms with Crippen molar-refractivity contribution in [2.75, 3.05) is 0 Å². The fraction of sp³-hybridized carbons (Fsp3) is 0.714. The van der Waals surface area contributed by atoms with Gasteiger partial charge in [0.15, 0.2) is 0 Å². The maximum atomic E-state index is 12.7. The van der Waals surface area contributed by atoms with E-state index in [-0.39, 0.29) is 0 Å². The number of allylic oxidation sites excluding steroid dienone is 2. The number of hydrogen-bond acceptors (Lipinski definition) is 0. The predicted octanol–water partition coefficient (Wildman–Crippen LogP) is 3.03. The van der Waals surface area contributed by atoms with Crippen LogP contribution in [0.5, 0.6) is 0 Å². The molecule has 0 nitrogen and oxygen atoms in total. The van der Waals surface area contributed by atoms with Crippen molar-refractivity contribution >= 4 is 15.9 Å². The Kier molecular flexibility index (Phi) is 2.28. The molecule has 2 unspecified atom stereocenters. The van der Waals surface area contributed by atoms with E-state index in [0.717, 1.165) is 10.9 Å². The molecule has 0 saturated carbocycles. The summed E-state index contributed by atoms with van der Waals surface area (Å²) in [6.45, 7) is 2.07. The van der Waals surface area contributed by atoms with Gasteiger partial charge in [-0.15, -0.1) is 0 Å². The standard InChI is InChI=1S/C7H10BrF/c1-5-2-3-6(8)7(9)4-5/h3,5,7H,2,4H2,1H3. The number of rotatable bonds is 0. The Morgan fingerprint density at radius 1 is 1.78 bits per heavy atom. The average molecular weight is 193 g/mol. The van der Waals surface area contributed by atoms with E-state index >= 15 is 0 Å². The van der Waals surface area contributed by atoms with Crippen LogP contribution >= 0.6 is 15.9 Å². The molecule has 0 aliphatic heterocycles. The second-order valence-electron chi connectivity index (χ2n) is 2.63.